The molecule has 1 aromatic heterocycles. The van der Waals surface area contributed by atoms with Crippen molar-refractivity contribution in [3.63, 3.8) is 0 Å². The highest BCUT2D eigenvalue weighted by Crippen LogP contribution is 2.17. The molecule has 0 spiro atoms. The molecule has 1 aromatic rings. The van der Waals surface area contributed by atoms with Gasteiger partial charge in [-0.05, 0) is 19.8 Å². The first kappa shape index (κ1) is 50.0. The topological polar surface area (TPSA) is 38.7 Å². The van der Waals surface area contributed by atoms with Crippen molar-refractivity contribution < 1.29 is 0 Å². The zero-order valence-electron chi connectivity index (χ0n) is 37.0. The summed E-state index contributed by atoms with van der Waals surface area (Å²) in [5.41, 5.74) is 0. The Kier molecular flexibility index (Phi) is 39.8. The largest absolute Gasteiger partial charge is 0.218 e. The van der Waals surface area contributed by atoms with Crippen molar-refractivity contribution in [2.24, 2.45) is 0 Å². The van der Waals surface area contributed by atoms with Crippen LogP contribution in [0.2, 0.25) is 0 Å². The van der Waals surface area contributed by atoms with Crippen molar-refractivity contribution in [3.8, 4) is 0 Å². The summed E-state index contributed by atoms with van der Waals surface area (Å²) in [6.07, 6.45) is 62.2. The maximum absolute atomic E-state index is 4.86. The predicted octanol–water partition coefficient (Wildman–Crippen LogP) is 17.7. The van der Waals surface area contributed by atoms with Crippen molar-refractivity contribution in [1.82, 2.24) is 15.0 Å². The molecule has 312 valence electrons. The first-order valence-electron chi connectivity index (χ1n) is 25.0. The van der Waals surface area contributed by atoms with Crippen LogP contribution in [0.1, 0.15) is 301 Å². The first-order valence-corrected chi connectivity index (χ1v) is 25.0. The summed E-state index contributed by atoms with van der Waals surface area (Å²) in [5.74, 6) is 2.99. The molecular formula is C50H97N3. The Balaban J connectivity index is 1.84. The zero-order chi connectivity index (χ0) is 38.0. The van der Waals surface area contributed by atoms with E-state index in [1.54, 1.807) is 0 Å². The average molecular weight is 740 g/mol. The summed E-state index contributed by atoms with van der Waals surface area (Å²) in [6.45, 7) is 6.66. The standard InChI is InChI=1S/C50H97N3/c1-4-6-8-10-12-14-16-18-20-22-24-26-28-30-32-34-36-38-40-42-44-46-49-51-48(3)52-50(53-49)47-45-43-41-39-37-35-33-31-29-27-25-23-21-19-17-15-13-11-9-7-5-2/h4-47H2,1-3H3. The van der Waals surface area contributed by atoms with Gasteiger partial charge in [-0.15, -0.1) is 0 Å². The third kappa shape index (κ3) is 37.7. The fraction of sp³-hybridized carbons (Fsp3) is 0.940. The third-order valence-electron chi connectivity index (χ3n) is 11.8. The second kappa shape index (κ2) is 42.2. The van der Waals surface area contributed by atoms with Crippen molar-refractivity contribution in [1.29, 1.82) is 0 Å². The normalized spacial score (nSPS) is 11.6. The molecule has 0 saturated carbocycles. The molecular weight excluding hydrogens is 643 g/mol. The Morgan fingerprint density at radius 3 is 0.585 bits per heavy atom. The average Bonchev–Trinajstić information content (AvgIpc) is 3.16. The van der Waals surface area contributed by atoms with E-state index in [1.165, 1.54) is 270 Å². The number of aromatic nitrogens is 3. The molecule has 0 aliphatic rings. The van der Waals surface area contributed by atoms with Crippen LogP contribution in [0.3, 0.4) is 0 Å². The van der Waals surface area contributed by atoms with Gasteiger partial charge in [-0.3, -0.25) is 0 Å². The minimum atomic E-state index is 0.914. The Labute approximate surface area is 334 Å². The molecule has 3 nitrogen and oxygen atoms in total. The lowest BCUT2D eigenvalue weighted by Crippen LogP contribution is -2.06. The van der Waals surface area contributed by atoms with Crippen molar-refractivity contribution >= 4 is 0 Å². The van der Waals surface area contributed by atoms with Gasteiger partial charge in [-0.25, -0.2) is 15.0 Å². The number of unbranched alkanes of at least 4 members (excludes halogenated alkanes) is 40. The van der Waals surface area contributed by atoms with Crippen LogP contribution >= 0.6 is 0 Å². The summed E-state index contributed by atoms with van der Waals surface area (Å²) >= 11 is 0. The Bertz CT molecular complexity index is 774. The zero-order valence-corrected chi connectivity index (χ0v) is 37.0. The van der Waals surface area contributed by atoms with Gasteiger partial charge in [-0.2, -0.15) is 0 Å². The molecule has 0 aromatic carbocycles. The van der Waals surface area contributed by atoms with Crippen LogP contribution in [-0.2, 0) is 12.8 Å². The van der Waals surface area contributed by atoms with Crippen LogP contribution in [0.5, 0.6) is 0 Å². The quantitative estimate of drug-likeness (QED) is 0.0626. The molecule has 1 rings (SSSR count). The molecule has 0 radical (unpaired) electrons. The SMILES string of the molecule is CCCCCCCCCCCCCCCCCCCCCCCc1nc(C)nc(CCCCCCCCCCCCCCCCCCCCCCC)n1. The minimum Gasteiger partial charge on any atom is -0.218 e. The first-order chi connectivity index (χ1) is 26.3. The van der Waals surface area contributed by atoms with Crippen LogP contribution < -0.4 is 0 Å². The van der Waals surface area contributed by atoms with Crippen LogP contribution in [-0.4, -0.2) is 15.0 Å². The van der Waals surface area contributed by atoms with E-state index in [9.17, 15) is 0 Å². The summed E-state index contributed by atoms with van der Waals surface area (Å²) in [4.78, 5) is 14.2. The third-order valence-corrected chi connectivity index (χ3v) is 11.8. The van der Waals surface area contributed by atoms with Gasteiger partial charge in [0.05, 0.1) is 0 Å². The minimum absolute atomic E-state index is 0.914. The van der Waals surface area contributed by atoms with E-state index in [0.717, 1.165) is 30.3 Å². The fourth-order valence-corrected chi connectivity index (χ4v) is 8.25. The second-order valence-corrected chi connectivity index (χ2v) is 17.4. The van der Waals surface area contributed by atoms with E-state index >= 15 is 0 Å². The van der Waals surface area contributed by atoms with Crippen LogP contribution in [0.25, 0.3) is 0 Å². The maximum atomic E-state index is 4.86. The van der Waals surface area contributed by atoms with Gasteiger partial charge >= 0.3 is 0 Å². The Morgan fingerprint density at radius 2 is 0.396 bits per heavy atom. The van der Waals surface area contributed by atoms with Gasteiger partial charge in [-0.1, -0.05) is 271 Å². The highest BCUT2D eigenvalue weighted by Gasteiger charge is 2.05. The van der Waals surface area contributed by atoms with Gasteiger partial charge in [0.25, 0.3) is 0 Å². The highest BCUT2D eigenvalue weighted by molar-refractivity contribution is 4.96. The Hall–Kier alpha value is -0.990. The second-order valence-electron chi connectivity index (χ2n) is 17.4. The van der Waals surface area contributed by atoms with E-state index in [0.29, 0.717) is 0 Å². The molecule has 0 fully saturated rings. The summed E-state index contributed by atoms with van der Waals surface area (Å²) in [5, 5.41) is 0. The molecule has 1 heterocycles. The van der Waals surface area contributed by atoms with Gasteiger partial charge in [0.1, 0.15) is 17.5 Å². The smallest absolute Gasteiger partial charge is 0.132 e. The number of hydrogen-bond donors (Lipinski definition) is 0. The number of aryl methyl sites for hydroxylation is 3. The van der Waals surface area contributed by atoms with Crippen LogP contribution in [0.4, 0.5) is 0 Å². The van der Waals surface area contributed by atoms with Gasteiger partial charge in [0, 0.05) is 12.8 Å². The van der Waals surface area contributed by atoms with Crippen molar-refractivity contribution in [3.05, 3.63) is 17.5 Å². The molecule has 0 amide bonds. The molecule has 0 bridgehead atoms. The summed E-state index contributed by atoms with van der Waals surface area (Å²) in [6, 6.07) is 0. The van der Waals surface area contributed by atoms with Gasteiger partial charge in [0.15, 0.2) is 0 Å². The number of nitrogens with zero attached hydrogens (tertiary/aromatic N) is 3. The van der Waals surface area contributed by atoms with E-state index in [4.69, 9.17) is 4.98 Å². The van der Waals surface area contributed by atoms with Crippen molar-refractivity contribution in [2.45, 2.75) is 303 Å². The molecule has 0 saturated heterocycles. The maximum Gasteiger partial charge on any atom is 0.132 e. The lowest BCUT2D eigenvalue weighted by atomic mass is 10.0. The molecule has 3 heteroatoms. The van der Waals surface area contributed by atoms with E-state index in [-0.39, 0.29) is 0 Å². The van der Waals surface area contributed by atoms with Crippen LogP contribution in [0, 0.1) is 6.92 Å². The van der Waals surface area contributed by atoms with Gasteiger partial charge < -0.3 is 0 Å². The number of hydrogen-bond acceptors (Lipinski definition) is 3. The molecule has 0 aliphatic heterocycles. The molecule has 0 N–H and O–H groups in total. The lowest BCUT2D eigenvalue weighted by Gasteiger charge is -2.06. The van der Waals surface area contributed by atoms with E-state index < -0.39 is 0 Å². The molecule has 0 unspecified atom stereocenters. The molecule has 0 aliphatic carbocycles. The number of rotatable bonds is 44. The molecule has 0 atom stereocenters. The van der Waals surface area contributed by atoms with E-state index in [2.05, 4.69) is 23.8 Å². The van der Waals surface area contributed by atoms with Crippen molar-refractivity contribution in [2.75, 3.05) is 0 Å². The highest BCUT2D eigenvalue weighted by atomic mass is 15.0. The molecule has 53 heavy (non-hydrogen) atoms. The summed E-state index contributed by atoms with van der Waals surface area (Å²) < 4.78 is 0. The predicted molar refractivity (Wildman–Crippen MR) is 237 cm³/mol. The summed E-state index contributed by atoms with van der Waals surface area (Å²) in [7, 11) is 0. The van der Waals surface area contributed by atoms with Gasteiger partial charge in [0.2, 0.25) is 0 Å². The fourth-order valence-electron chi connectivity index (χ4n) is 8.25. The van der Waals surface area contributed by atoms with Crippen LogP contribution in [0.15, 0.2) is 0 Å². The lowest BCUT2D eigenvalue weighted by molar-refractivity contribution is 0.519. The monoisotopic (exact) mass is 740 g/mol. The Morgan fingerprint density at radius 1 is 0.226 bits per heavy atom. The van der Waals surface area contributed by atoms with E-state index in [1.807, 2.05) is 6.92 Å².